The van der Waals surface area contributed by atoms with Crippen molar-refractivity contribution in [3.63, 3.8) is 0 Å². The SMILES string of the molecule is CC(F)CCN(C)Cc1ccccc1. The molecule has 0 aliphatic carbocycles. The minimum atomic E-state index is -0.701. The third-order valence-electron chi connectivity index (χ3n) is 2.20. The molecule has 0 amide bonds. The van der Waals surface area contributed by atoms with E-state index in [1.807, 2.05) is 25.2 Å². The van der Waals surface area contributed by atoms with E-state index >= 15 is 0 Å². The summed E-state index contributed by atoms with van der Waals surface area (Å²) in [6, 6.07) is 10.2. The Kier molecular flexibility index (Phi) is 4.60. The molecule has 0 bridgehead atoms. The predicted molar refractivity (Wildman–Crippen MR) is 58.0 cm³/mol. The van der Waals surface area contributed by atoms with Crippen molar-refractivity contribution < 1.29 is 4.39 Å². The molecular formula is C12H18FN. The molecular weight excluding hydrogens is 177 g/mol. The van der Waals surface area contributed by atoms with E-state index in [-0.39, 0.29) is 0 Å². The van der Waals surface area contributed by atoms with Gasteiger partial charge in [0.05, 0.1) is 6.17 Å². The molecule has 0 heterocycles. The van der Waals surface area contributed by atoms with Gasteiger partial charge in [-0.05, 0) is 26.0 Å². The van der Waals surface area contributed by atoms with E-state index in [0.29, 0.717) is 6.42 Å². The molecule has 1 aromatic rings. The number of halogens is 1. The van der Waals surface area contributed by atoms with Crippen molar-refractivity contribution in [3.8, 4) is 0 Å². The molecule has 0 saturated heterocycles. The summed E-state index contributed by atoms with van der Waals surface area (Å²) in [5.74, 6) is 0. The van der Waals surface area contributed by atoms with Crippen LogP contribution in [0.2, 0.25) is 0 Å². The minimum absolute atomic E-state index is 0.614. The topological polar surface area (TPSA) is 3.24 Å². The fourth-order valence-electron chi connectivity index (χ4n) is 1.37. The van der Waals surface area contributed by atoms with Crippen LogP contribution in [0.25, 0.3) is 0 Å². The van der Waals surface area contributed by atoms with Crippen LogP contribution in [0, 0.1) is 0 Å². The molecule has 0 aliphatic rings. The molecule has 0 saturated carbocycles. The fraction of sp³-hybridized carbons (Fsp3) is 0.500. The van der Waals surface area contributed by atoms with E-state index in [1.165, 1.54) is 5.56 Å². The van der Waals surface area contributed by atoms with Gasteiger partial charge in [-0.25, -0.2) is 4.39 Å². The van der Waals surface area contributed by atoms with Crippen molar-refractivity contribution in [2.75, 3.05) is 13.6 Å². The first-order valence-corrected chi connectivity index (χ1v) is 5.05. The highest BCUT2D eigenvalue weighted by molar-refractivity contribution is 5.14. The summed E-state index contributed by atoms with van der Waals surface area (Å²) < 4.78 is 12.6. The van der Waals surface area contributed by atoms with Crippen LogP contribution in [0.3, 0.4) is 0 Å². The maximum atomic E-state index is 12.6. The lowest BCUT2D eigenvalue weighted by Gasteiger charge is -2.16. The summed E-state index contributed by atoms with van der Waals surface area (Å²) in [5, 5.41) is 0. The average molecular weight is 195 g/mol. The van der Waals surface area contributed by atoms with Gasteiger partial charge in [-0.1, -0.05) is 30.3 Å². The van der Waals surface area contributed by atoms with Crippen molar-refractivity contribution in [1.29, 1.82) is 0 Å². The molecule has 1 atom stereocenters. The van der Waals surface area contributed by atoms with Gasteiger partial charge >= 0.3 is 0 Å². The van der Waals surface area contributed by atoms with Gasteiger partial charge < -0.3 is 4.90 Å². The van der Waals surface area contributed by atoms with E-state index in [2.05, 4.69) is 17.0 Å². The van der Waals surface area contributed by atoms with E-state index in [9.17, 15) is 4.39 Å². The number of benzene rings is 1. The molecule has 0 spiro atoms. The largest absolute Gasteiger partial charge is 0.302 e. The molecule has 1 aromatic carbocycles. The van der Waals surface area contributed by atoms with Gasteiger partial charge in [0.2, 0.25) is 0 Å². The zero-order chi connectivity index (χ0) is 10.4. The van der Waals surface area contributed by atoms with Crippen LogP contribution in [0.5, 0.6) is 0 Å². The molecule has 0 aliphatic heterocycles. The molecule has 78 valence electrons. The number of nitrogens with zero attached hydrogens (tertiary/aromatic N) is 1. The fourth-order valence-corrected chi connectivity index (χ4v) is 1.37. The molecule has 14 heavy (non-hydrogen) atoms. The van der Waals surface area contributed by atoms with Crippen LogP contribution < -0.4 is 0 Å². The van der Waals surface area contributed by atoms with Crippen LogP contribution >= 0.6 is 0 Å². The van der Waals surface area contributed by atoms with Crippen molar-refractivity contribution in [1.82, 2.24) is 4.90 Å². The zero-order valence-electron chi connectivity index (χ0n) is 8.91. The van der Waals surface area contributed by atoms with Gasteiger partial charge in [0.1, 0.15) is 0 Å². The van der Waals surface area contributed by atoms with Crippen LogP contribution in [0.15, 0.2) is 30.3 Å². The van der Waals surface area contributed by atoms with E-state index in [0.717, 1.165) is 13.1 Å². The van der Waals surface area contributed by atoms with E-state index in [4.69, 9.17) is 0 Å². The van der Waals surface area contributed by atoms with Crippen LogP contribution in [0.4, 0.5) is 4.39 Å². The Morgan fingerprint density at radius 2 is 1.93 bits per heavy atom. The number of hydrogen-bond acceptors (Lipinski definition) is 1. The average Bonchev–Trinajstić information content (AvgIpc) is 2.16. The summed E-state index contributed by atoms with van der Waals surface area (Å²) in [5.41, 5.74) is 1.28. The first kappa shape index (κ1) is 11.2. The quantitative estimate of drug-likeness (QED) is 0.698. The lowest BCUT2D eigenvalue weighted by molar-refractivity contribution is 0.260. The Balaban J connectivity index is 2.30. The smallest absolute Gasteiger partial charge is 0.0985 e. The first-order chi connectivity index (χ1) is 6.68. The van der Waals surface area contributed by atoms with Crippen LogP contribution in [-0.2, 0) is 6.54 Å². The summed E-state index contributed by atoms with van der Waals surface area (Å²) in [6.07, 6.45) is -0.0863. The van der Waals surface area contributed by atoms with Crippen LogP contribution in [-0.4, -0.2) is 24.7 Å². The zero-order valence-corrected chi connectivity index (χ0v) is 8.91. The molecule has 0 fully saturated rings. The highest BCUT2D eigenvalue weighted by Gasteiger charge is 2.02. The normalized spacial score (nSPS) is 13.1. The summed E-state index contributed by atoms with van der Waals surface area (Å²) in [7, 11) is 2.02. The van der Waals surface area contributed by atoms with Gasteiger partial charge in [0.25, 0.3) is 0 Å². The molecule has 0 aromatic heterocycles. The van der Waals surface area contributed by atoms with Crippen molar-refractivity contribution in [2.45, 2.75) is 26.1 Å². The molecule has 1 nitrogen and oxygen atoms in total. The Morgan fingerprint density at radius 3 is 2.50 bits per heavy atom. The maximum absolute atomic E-state index is 12.6. The predicted octanol–water partition coefficient (Wildman–Crippen LogP) is 2.87. The molecule has 0 N–H and O–H groups in total. The van der Waals surface area contributed by atoms with E-state index in [1.54, 1.807) is 6.92 Å². The molecule has 2 heteroatoms. The highest BCUT2D eigenvalue weighted by atomic mass is 19.1. The third-order valence-corrected chi connectivity index (χ3v) is 2.20. The van der Waals surface area contributed by atoms with Crippen molar-refractivity contribution in [3.05, 3.63) is 35.9 Å². The van der Waals surface area contributed by atoms with Gasteiger partial charge in [-0.3, -0.25) is 0 Å². The first-order valence-electron chi connectivity index (χ1n) is 5.05. The summed E-state index contributed by atoms with van der Waals surface area (Å²) in [6.45, 7) is 3.32. The Bertz CT molecular complexity index is 246. The van der Waals surface area contributed by atoms with Gasteiger partial charge in [-0.2, -0.15) is 0 Å². The van der Waals surface area contributed by atoms with Crippen LogP contribution in [0.1, 0.15) is 18.9 Å². The lowest BCUT2D eigenvalue weighted by atomic mass is 10.2. The van der Waals surface area contributed by atoms with Gasteiger partial charge in [0.15, 0.2) is 0 Å². The molecule has 0 radical (unpaired) electrons. The van der Waals surface area contributed by atoms with Crippen molar-refractivity contribution in [2.24, 2.45) is 0 Å². The minimum Gasteiger partial charge on any atom is -0.302 e. The standard InChI is InChI=1S/C12H18FN/c1-11(13)8-9-14(2)10-12-6-4-3-5-7-12/h3-7,11H,8-10H2,1-2H3. The van der Waals surface area contributed by atoms with Gasteiger partial charge in [0, 0.05) is 13.1 Å². The second-order valence-electron chi connectivity index (χ2n) is 3.79. The number of alkyl halides is 1. The Hall–Kier alpha value is -0.890. The van der Waals surface area contributed by atoms with Gasteiger partial charge in [-0.15, -0.1) is 0 Å². The highest BCUT2D eigenvalue weighted by Crippen LogP contribution is 2.04. The monoisotopic (exact) mass is 195 g/mol. The summed E-state index contributed by atoms with van der Waals surface area (Å²) in [4.78, 5) is 2.14. The third kappa shape index (κ3) is 4.38. The second-order valence-corrected chi connectivity index (χ2v) is 3.79. The number of rotatable bonds is 5. The Labute approximate surface area is 85.5 Å². The maximum Gasteiger partial charge on any atom is 0.0985 e. The second kappa shape index (κ2) is 5.76. The number of hydrogen-bond donors (Lipinski definition) is 0. The Morgan fingerprint density at radius 1 is 1.29 bits per heavy atom. The van der Waals surface area contributed by atoms with Crippen molar-refractivity contribution >= 4 is 0 Å². The molecule has 1 rings (SSSR count). The summed E-state index contributed by atoms with van der Waals surface area (Å²) >= 11 is 0. The molecule has 1 unspecified atom stereocenters. The lowest BCUT2D eigenvalue weighted by Crippen LogP contribution is -2.20. The van der Waals surface area contributed by atoms with E-state index < -0.39 is 6.17 Å².